The molecule has 8 heteroatoms. The molecule has 0 aliphatic carbocycles. The van der Waals surface area contributed by atoms with Gasteiger partial charge in [-0.3, -0.25) is 0 Å². The number of hydrogen-bond donors (Lipinski definition) is 0. The van der Waals surface area contributed by atoms with Crippen LogP contribution in [0.3, 0.4) is 0 Å². The van der Waals surface area contributed by atoms with Crippen LogP contribution in [0.2, 0.25) is 0 Å². The number of ether oxygens (including phenoxy) is 3. The smallest absolute Gasteiger partial charge is 0.432 e. The number of methoxy groups -OCH3 is 1. The molecule has 0 radical (unpaired) electrons. The van der Waals surface area contributed by atoms with Crippen LogP contribution in [0.15, 0.2) is 60.7 Å². The molecule has 2 aromatic carbocycles. The van der Waals surface area contributed by atoms with Gasteiger partial charge in [0.1, 0.15) is 12.7 Å². The first-order valence-electron chi connectivity index (χ1n) is 8.33. The Labute approximate surface area is 160 Å². The van der Waals surface area contributed by atoms with E-state index in [1.165, 1.54) is 37.3 Å². The average molecular weight is 396 g/mol. The van der Waals surface area contributed by atoms with E-state index < -0.39 is 42.0 Å². The van der Waals surface area contributed by atoms with Crippen LogP contribution in [0.25, 0.3) is 0 Å². The van der Waals surface area contributed by atoms with Crippen LogP contribution in [-0.2, 0) is 24.6 Å². The standard InChI is InChI=1S/C20H19F3O5/c1-14(13-27-17(24)15-9-5-3-6-10-15)28-18(25)19(26-2,20(21,22)23)16-11-7-4-8-12-16/h3-12,14H,13H2,1-2H3/t14-,19?/m0/s1. The SMILES string of the molecule is COC(C(=O)O[C@@H](C)COC(=O)c1ccccc1)(c1ccccc1)C(F)(F)F. The van der Waals surface area contributed by atoms with Gasteiger partial charge in [-0.2, -0.15) is 13.2 Å². The van der Waals surface area contributed by atoms with E-state index in [2.05, 4.69) is 4.74 Å². The molecule has 0 fully saturated rings. The molecule has 0 saturated carbocycles. The fraction of sp³-hybridized carbons (Fsp3) is 0.300. The minimum absolute atomic E-state index is 0.270. The molecular weight excluding hydrogens is 377 g/mol. The second kappa shape index (κ2) is 8.88. The maximum atomic E-state index is 13.8. The van der Waals surface area contributed by atoms with Gasteiger partial charge in [-0.1, -0.05) is 48.5 Å². The quantitative estimate of drug-likeness (QED) is 0.665. The van der Waals surface area contributed by atoms with Crippen molar-refractivity contribution in [2.24, 2.45) is 0 Å². The normalized spacial score (nSPS) is 14.6. The molecule has 0 aliphatic rings. The first-order chi connectivity index (χ1) is 13.2. The van der Waals surface area contributed by atoms with Crippen molar-refractivity contribution >= 4 is 11.9 Å². The van der Waals surface area contributed by atoms with Crippen LogP contribution < -0.4 is 0 Å². The lowest BCUT2D eigenvalue weighted by molar-refractivity contribution is -0.278. The number of carbonyl (C=O) groups is 2. The lowest BCUT2D eigenvalue weighted by atomic mass is 9.92. The highest BCUT2D eigenvalue weighted by Gasteiger charge is 2.64. The zero-order valence-corrected chi connectivity index (χ0v) is 15.2. The number of rotatable bonds is 7. The lowest BCUT2D eigenvalue weighted by Crippen LogP contribution is -2.52. The molecule has 0 spiro atoms. The van der Waals surface area contributed by atoms with Crippen molar-refractivity contribution < 1.29 is 37.0 Å². The number of alkyl halides is 3. The van der Waals surface area contributed by atoms with Crippen molar-refractivity contribution in [2.75, 3.05) is 13.7 Å². The predicted molar refractivity (Wildman–Crippen MR) is 93.5 cm³/mol. The Hall–Kier alpha value is -2.87. The summed E-state index contributed by atoms with van der Waals surface area (Å²) >= 11 is 0. The summed E-state index contributed by atoms with van der Waals surface area (Å²) in [6.45, 7) is 0.907. The first kappa shape index (κ1) is 21.4. The predicted octanol–water partition coefficient (Wildman–Crippen LogP) is 3.88. The summed E-state index contributed by atoms with van der Waals surface area (Å²) in [4.78, 5) is 24.4. The molecule has 0 saturated heterocycles. The second-order valence-corrected chi connectivity index (χ2v) is 5.93. The maximum Gasteiger partial charge on any atom is 0.432 e. The molecule has 5 nitrogen and oxygen atoms in total. The van der Waals surface area contributed by atoms with Gasteiger partial charge in [0.25, 0.3) is 5.60 Å². The van der Waals surface area contributed by atoms with Gasteiger partial charge in [-0.05, 0) is 19.1 Å². The van der Waals surface area contributed by atoms with E-state index in [1.54, 1.807) is 18.2 Å². The number of esters is 2. The van der Waals surface area contributed by atoms with E-state index in [-0.39, 0.29) is 5.56 Å². The van der Waals surface area contributed by atoms with Crippen LogP contribution in [0.4, 0.5) is 13.2 Å². The highest BCUT2D eigenvalue weighted by molar-refractivity contribution is 5.89. The fourth-order valence-electron chi connectivity index (χ4n) is 2.54. The minimum Gasteiger partial charge on any atom is -0.458 e. The van der Waals surface area contributed by atoms with Crippen molar-refractivity contribution in [1.29, 1.82) is 0 Å². The highest BCUT2D eigenvalue weighted by Crippen LogP contribution is 2.43. The van der Waals surface area contributed by atoms with E-state index in [0.29, 0.717) is 0 Å². The molecule has 150 valence electrons. The average Bonchev–Trinajstić information content (AvgIpc) is 2.67. The molecule has 0 heterocycles. The number of hydrogen-bond acceptors (Lipinski definition) is 5. The Bertz CT molecular complexity index is 792. The van der Waals surface area contributed by atoms with E-state index in [0.717, 1.165) is 19.2 Å². The summed E-state index contributed by atoms with van der Waals surface area (Å²) in [6, 6.07) is 14.5. The minimum atomic E-state index is -5.07. The van der Waals surface area contributed by atoms with Crippen LogP contribution in [-0.4, -0.2) is 37.9 Å². The van der Waals surface area contributed by atoms with Crippen molar-refractivity contribution in [2.45, 2.75) is 24.8 Å². The Kier molecular flexibility index (Phi) is 6.80. The van der Waals surface area contributed by atoms with Crippen LogP contribution in [0.5, 0.6) is 0 Å². The number of halogens is 3. The van der Waals surface area contributed by atoms with Gasteiger partial charge in [0, 0.05) is 12.7 Å². The van der Waals surface area contributed by atoms with E-state index in [1.807, 2.05) is 0 Å². The summed E-state index contributed by atoms with van der Waals surface area (Å²) in [5, 5.41) is 0. The third kappa shape index (κ3) is 4.51. The molecule has 0 aliphatic heterocycles. The molecular formula is C20H19F3O5. The summed E-state index contributed by atoms with van der Waals surface area (Å²) < 4.78 is 55.9. The third-order valence-electron chi connectivity index (χ3n) is 3.94. The largest absolute Gasteiger partial charge is 0.458 e. The van der Waals surface area contributed by atoms with E-state index >= 15 is 0 Å². The second-order valence-electron chi connectivity index (χ2n) is 5.93. The molecule has 0 aromatic heterocycles. The fourth-order valence-corrected chi connectivity index (χ4v) is 2.54. The summed E-state index contributed by atoms with van der Waals surface area (Å²) in [5.41, 5.74) is -3.43. The van der Waals surface area contributed by atoms with Gasteiger partial charge in [0.15, 0.2) is 0 Å². The molecule has 0 N–H and O–H groups in total. The monoisotopic (exact) mass is 396 g/mol. The topological polar surface area (TPSA) is 61.8 Å². The first-order valence-corrected chi connectivity index (χ1v) is 8.33. The summed E-state index contributed by atoms with van der Waals surface area (Å²) in [7, 11) is 0.780. The van der Waals surface area contributed by atoms with E-state index in [9.17, 15) is 22.8 Å². The molecule has 28 heavy (non-hydrogen) atoms. The number of carbonyl (C=O) groups excluding carboxylic acids is 2. The molecule has 0 bridgehead atoms. The van der Waals surface area contributed by atoms with Crippen molar-refractivity contribution in [3.63, 3.8) is 0 Å². The Morgan fingerprint density at radius 1 is 0.964 bits per heavy atom. The summed E-state index contributed by atoms with van der Waals surface area (Å²) in [6.07, 6.45) is -6.19. The molecule has 0 amide bonds. The zero-order valence-electron chi connectivity index (χ0n) is 15.2. The van der Waals surface area contributed by atoms with E-state index in [4.69, 9.17) is 9.47 Å². The van der Waals surface area contributed by atoms with Crippen LogP contribution >= 0.6 is 0 Å². The zero-order chi connectivity index (χ0) is 20.8. The van der Waals surface area contributed by atoms with Gasteiger partial charge in [-0.25, -0.2) is 9.59 Å². The Balaban J connectivity index is 2.12. The lowest BCUT2D eigenvalue weighted by Gasteiger charge is -2.33. The highest BCUT2D eigenvalue weighted by atomic mass is 19.4. The summed E-state index contributed by atoms with van der Waals surface area (Å²) in [5.74, 6) is -2.32. The molecule has 2 aromatic rings. The van der Waals surface area contributed by atoms with Crippen molar-refractivity contribution in [3.8, 4) is 0 Å². The van der Waals surface area contributed by atoms with Crippen molar-refractivity contribution in [1.82, 2.24) is 0 Å². The maximum absolute atomic E-state index is 13.8. The van der Waals surface area contributed by atoms with Crippen LogP contribution in [0, 0.1) is 0 Å². The Morgan fingerprint density at radius 2 is 1.50 bits per heavy atom. The molecule has 2 atom stereocenters. The van der Waals surface area contributed by atoms with Gasteiger partial charge in [0.2, 0.25) is 0 Å². The molecule has 1 unspecified atom stereocenters. The van der Waals surface area contributed by atoms with Gasteiger partial charge in [0.05, 0.1) is 5.56 Å². The van der Waals surface area contributed by atoms with Gasteiger partial charge < -0.3 is 14.2 Å². The third-order valence-corrected chi connectivity index (χ3v) is 3.94. The van der Waals surface area contributed by atoms with Crippen LogP contribution in [0.1, 0.15) is 22.8 Å². The van der Waals surface area contributed by atoms with Gasteiger partial charge >= 0.3 is 18.1 Å². The van der Waals surface area contributed by atoms with Crippen molar-refractivity contribution in [3.05, 3.63) is 71.8 Å². The molecule has 2 rings (SSSR count). The van der Waals surface area contributed by atoms with Gasteiger partial charge in [-0.15, -0.1) is 0 Å². The Morgan fingerprint density at radius 3 is 2.00 bits per heavy atom. The number of benzene rings is 2.